The number of hydrogen-bond acceptors (Lipinski definition) is 4. The summed E-state index contributed by atoms with van der Waals surface area (Å²) in [5.41, 5.74) is 0.733. The van der Waals surface area contributed by atoms with Crippen LogP contribution in [0.3, 0.4) is 0 Å². The van der Waals surface area contributed by atoms with Crippen molar-refractivity contribution in [3.8, 4) is 0 Å². The molecule has 2 fully saturated rings. The van der Waals surface area contributed by atoms with Gasteiger partial charge in [-0.25, -0.2) is 4.98 Å². The minimum Gasteiger partial charge on any atom is -0.378 e. The number of morpholine rings is 1. The van der Waals surface area contributed by atoms with Crippen LogP contribution >= 0.6 is 0 Å². The molecule has 0 N–H and O–H groups in total. The molecule has 2 saturated heterocycles. The maximum Gasteiger partial charge on any atom is 0.257 e. The Morgan fingerprint density at radius 2 is 1.85 bits per heavy atom. The molecule has 0 unspecified atom stereocenters. The average Bonchev–Trinajstić information content (AvgIpc) is 2.56. The third-order valence-electron chi connectivity index (χ3n) is 3.97. The molecule has 3 heterocycles. The van der Waals surface area contributed by atoms with E-state index in [0.29, 0.717) is 13.2 Å². The lowest BCUT2D eigenvalue weighted by Crippen LogP contribution is -2.40. The van der Waals surface area contributed by atoms with Crippen LogP contribution in [0.15, 0.2) is 18.3 Å². The molecule has 5 nitrogen and oxygen atoms in total. The minimum absolute atomic E-state index is 0.124. The fourth-order valence-electron chi connectivity index (χ4n) is 2.86. The van der Waals surface area contributed by atoms with Gasteiger partial charge in [-0.1, -0.05) is 0 Å². The number of carbonyl (C=O) groups is 1. The van der Waals surface area contributed by atoms with E-state index < -0.39 is 0 Å². The van der Waals surface area contributed by atoms with Crippen LogP contribution in [0.5, 0.6) is 0 Å². The summed E-state index contributed by atoms with van der Waals surface area (Å²) in [6.07, 6.45) is 5.21. The lowest BCUT2D eigenvalue weighted by molar-refractivity contribution is 0.0723. The van der Waals surface area contributed by atoms with Crippen molar-refractivity contribution in [2.24, 2.45) is 0 Å². The first kappa shape index (κ1) is 13.4. The van der Waals surface area contributed by atoms with Crippen molar-refractivity contribution in [1.29, 1.82) is 0 Å². The Morgan fingerprint density at radius 3 is 2.60 bits per heavy atom. The molecule has 5 heteroatoms. The van der Waals surface area contributed by atoms with Gasteiger partial charge in [0.1, 0.15) is 5.82 Å². The first-order valence-electron chi connectivity index (χ1n) is 7.43. The van der Waals surface area contributed by atoms with Crippen LogP contribution in [0.2, 0.25) is 0 Å². The van der Waals surface area contributed by atoms with E-state index in [2.05, 4.69) is 9.88 Å². The van der Waals surface area contributed by atoms with Gasteiger partial charge in [-0.05, 0) is 31.4 Å². The van der Waals surface area contributed by atoms with Gasteiger partial charge in [0.05, 0.1) is 18.8 Å². The molecule has 0 spiro atoms. The maximum atomic E-state index is 12.7. The Bertz CT molecular complexity index is 466. The molecule has 2 aliphatic heterocycles. The summed E-state index contributed by atoms with van der Waals surface area (Å²) in [7, 11) is 0. The summed E-state index contributed by atoms with van der Waals surface area (Å²) >= 11 is 0. The van der Waals surface area contributed by atoms with Crippen LogP contribution in [0, 0.1) is 0 Å². The highest BCUT2D eigenvalue weighted by Gasteiger charge is 2.24. The van der Waals surface area contributed by atoms with Gasteiger partial charge in [0.15, 0.2) is 0 Å². The number of hydrogen-bond donors (Lipinski definition) is 0. The first-order valence-corrected chi connectivity index (χ1v) is 7.43. The van der Waals surface area contributed by atoms with Gasteiger partial charge in [0, 0.05) is 32.4 Å². The number of nitrogens with zero attached hydrogens (tertiary/aromatic N) is 3. The van der Waals surface area contributed by atoms with Crippen molar-refractivity contribution in [1.82, 2.24) is 9.88 Å². The number of anilines is 1. The molecule has 0 bridgehead atoms. The monoisotopic (exact) mass is 275 g/mol. The number of amides is 1. The van der Waals surface area contributed by atoms with Gasteiger partial charge in [-0.15, -0.1) is 0 Å². The van der Waals surface area contributed by atoms with Crippen molar-refractivity contribution in [3.05, 3.63) is 23.9 Å². The molecule has 1 aromatic rings. The maximum absolute atomic E-state index is 12.7. The van der Waals surface area contributed by atoms with Crippen LogP contribution in [0.1, 0.15) is 29.6 Å². The lowest BCUT2D eigenvalue weighted by Gasteiger charge is -2.31. The lowest BCUT2D eigenvalue weighted by atomic mass is 10.1. The zero-order chi connectivity index (χ0) is 13.8. The summed E-state index contributed by atoms with van der Waals surface area (Å²) in [4.78, 5) is 21.2. The zero-order valence-corrected chi connectivity index (χ0v) is 11.8. The van der Waals surface area contributed by atoms with E-state index in [1.807, 2.05) is 17.0 Å². The predicted octanol–water partition coefficient (Wildman–Crippen LogP) is 1.54. The largest absolute Gasteiger partial charge is 0.378 e. The number of pyridine rings is 1. The second kappa shape index (κ2) is 6.22. The van der Waals surface area contributed by atoms with Crippen LogP contribution in [-0.2, 0) is 4.74 Å². The van der Waals surface area contributed by atoms with Gasteiger partial charge in [-0.2, -0.15) is 0 Å². The summed E-state index contributed by atoms with van der Waals surface area (Å²) in [5.74, 6) is 0.936. The van der Waals surface area contributed by atoms with E-state index in [9.17, 15) is 4.79 Å². The number of ether oxygens (including phenoxy) is 1. The second-order valence-corrected chi connectivity index (χ2v) is 5.33. The van der Waals surface area contributed by atoms with Crippen molar-refractivity contribution < 1.29 is 9.53 Å². The predicted molar refractivity (Wildman–Crippen MR) is 77.0 cm³/mol. The minimum atomic E-state index is 0.124. The molecule has 0 aromatic carbocycles. The molecule has 0 aliphatic carbocycles. The average molecular weight is 275 g/mol. The number of likely N-dealkylation sites (tertiary alicyclic amines) is 1. The number of piperidine rings is 1. The van der Waals surface area contributed by atoms with Gasteiger partial charge >= 0.3 is 0 Å². The van der Waals surface area contributed by atoms with Gasteiger partial charge < -0.3 is 14.5 Å². The molecule has 108 valence electrons. The van der Waals surface area contributed by atoms with Crippen molar-refractivity contribution in [2.45, 2.75) is 19.3 Å². The summed E-state index contributed by atoms with van der Waals surface area (Å²) in [5, 5.41) is 0. The number of aromatic nitrogens is 1. The molecule has 0 radical (unpaired) electrons. The molecule has 20 heavy (non-hydrogen) atoms. The topological polar surface area (TPSA) is 45.7 Å². The van der Waals surface area contributed by atoms with Crippen LogP contribution in [0.25, 0.3) is 0 Å². The Labute approximate surface area is 119 Å². The third kappa shape index (κ3) is 2.77. The van der Waals surface area contributed by atoms with Gasteiger partial charge in [0.2, 0.25) is 0 Å². The molecule has 3 rings (SSSR count). The van der Waals surface area contributed by atoms with E-state index in [-0.39, 0.29) is 5.91 Å². The Morgan fingerprint density at radius 1 is 1.10 bits per heavy atom. The summed E-state index contributed by atoms with van der Waals surface area (Å²) in [6, 6.07) is 3.75. The third-order valence-corrected chi connectivity index (χ3v) is 3.97. The summed E-state index contributed by atoms with van der Waals surface area (Å²) < 4.78 is 5.37. The number of rotatable bonds is 2. The smallest absolute Gasteiger partial charge is 0.257 e. The quantitative estimate of drug-likeness (QED) is 0.821. The van der Waals surface area contributed by atoms with Gasteiger partial charge in [0.25, 0.3) is 5.91 Å². The van der Waals surface area contributed by atoms with Crippen molar-refractivity contribution in [2.75, 3.05) is 44.3 Å². The fourth-order valence-corrected chi connectivity index (χ4v) is 2.86. The summed E-state index contributed by atoms with van der Waals surface area (Å²) in [6.45, 7) is 4.75. The SMILES string of the molecule is O=C(c1cccnc1N1CCOCC1)N1CCCCC1. The van der Waals surface area contributed by atoms with Crippen LogP contribution in [-0.4, -0.2) is 55.2 Å². The fraction of sp³-hybridized carbons (Fsp3) is 0.600. The Balaban J connectivity index is 1.82. The van der Waals surface area contributed by atoms with E-state index in [1.54, 1.807) is 6.20 Å². The highest BCUT2D eigenvalue weighted by molar-refractivity contribution is 5.99. The zero-order valence-electron chi connectivity index (χ0n) is 11.8. The Hall–Kier alpha value is -1.62. The van der Waals surface area contributed by atoms with E-state index in [0.717, 1.165) is 50.4 Å². The molecule has 0 saturated carbocycles. The Kier molecular flexibility index (Phi) is 4.16. The molecular weight excluding hydrogens is 254 g/mol. The molecule has 1 amide bonds. The normalized spacial score (nSPS) is 20.0. The van der Waals surface area contributed by atoms with E-state index in [4.69, 9.17) is 4.74 Å². The van der Waals surface area contributed by atoms with Crippen molar-refractivity contribution >= 4 is 11.7 Å². The second-order valence-electron chi connectivity index (χ2n) is 5.33. The highest BCUT2D eigenvalue weighted by Crippen LogP contribution is 2.21. The van der Waals surface area contributed by atoms with Crippen LogP contribution in [0.4, 0.5) is 5.82 Å². The molecule has 1 aromatic heterocycles. The molecule has 2 aliphatic rings. The van der Waals surface area contributed by atoms with E-state index >= 15 is 0 Å². The molecule has 0 atom stereocenters. The van der Waals surface area contributed by atoms with Gasteiger partial charge in [-0.3, -0.25) is 4.79 Å². The molecular formula is C15H21N3O2. The van der Waals surface area contributed by atoms with Crippen molar-refractivity contribution in [3.63, 3.8) is 0 Å². The number of carbonyl (C=O) groups excluding carboxylic acids is 1. The van der Waals surface area contributed by atoms with Crippen LogP contribution < -0.4 is 4.90 Å². The standard InChI is InChI=1S/C15H21N3O2/c19-15(18-7-2-1-3-8-18)13-5-4-6-16-14(13)17-9-11-20-12-10-17/h4-6H,1-3,7-12H2. The highest BCUT2D eigenvalue weighted by atomic mass is 16.5. The first-order chi connectivity index (χ1) is 9.86. The van der Waals surface area contributed by atoms with E-state index in [1.165, 1.54) is 6.42 Å².